The van der Waals surface area contributed by atoms with Gasteiger partial charge in [0.15, 0.2) is 0 Å². The maximum absolute atomic E-state index is 11.1. The second-order valence-electron chi connectivity index (χ2n) is 4.21. The molecule has 1 fully saturated rings. The molecule has 0 bridgehead atoms. The highest BCUT2D eigenvalue weighted by Crippen LogP contribution is 2.33. The fourth-order valence-electron chi connectivity index (χ4n) is 2.41. The van der Waals surface area contributed by atoms with Crippen LogP contribution in [0.25, 0.3) is 0 Å². The van der Waals surface area contributed by atoms with E-state index in [0.29, 0.717) is 5.92 Å². The zero-order chi connectivity index (χ0) is 10.7. The quantitative estimate of drug-likeness (QED) is 0.809. The van der Waals surface area contributed by atoms with Crippen molar-refractivity contribution in [3.8, 4) is 0 Å². The SMILES string of the molecule is CC(=O)N[C@H]1CCCC[C@H]1c1ccco1. The maximum Gasteiger partial charge on any atom is 0.217 e. The van der Waals surface area contributed by atoms with Gasteiger partial charge >= 0.3 is 0 Å². The van der Waals surface area contributed by atoms with Crippen LogP contribution in [0.5, 0.6) is 0 Å². The summed E-state index contributed by atoms with van der Waals surface area (Å²) in [4.78, 5) is 11.1. The Balaban J connectivity index is 2.09. The predicted octanol–water partition coefficient (Wildman–Crippen LogP) is 2.44. The van der Waals surface area contributed by atoms with Gasteiger partial charge in [0.25, 0.3) is 0 Å². The van der Waals surface area contributed by atoms with E-state index in [2.05, 4.69) is 5.32 Å². The van der Waals surface area contributed by atoms with Crippen LogP contribution in [0.1, 0.15) is 44.3 Å². The molecule has 1 aromatic heterocycles. The summed E-state index contributed by atoms with van der Waals surface area (Å²) in [6.07, 6.45) is 6.29. The van der Waals surface area contributed by atoms with E-state index in [1.807, 2.05) is 12.1 Å². The maximum atomic E-state index is 11.1. The minimum absolute atomic E-state index is 0.0541. The van der Waals surface area contributed by atoms with Gasteiger partial charge in [0.05, 0.1) is 6.26 Å². The normalized spacial score (nSPS) is 26.2. The number of hydrogen-bond acceptors (Lipinski definition) is 2. The average molecular weight is 207 g/mol. The third-order valence-electron chi connectivity index (χ3n) is 3.06. The molecule has 2 rings (SSSR count). The van der Waals surface area contributed by atoms with Gasteiger partial charge < -0.3 is 9.73 Å². The second-order valence-corrected chi connectivity index (χ2v) is 4.21. The van der Waals surface area contributed by atoms with Gasteiger partial charge in [-0.05, 0) is 25.0 Å². The molecule has 0 aliphatic heterocycles. The first-order valence-corrected chi connectivity index (χ1v) is 5.58. The third kappa shape index (κ3) is 2.41. The Labute approximate surface area is 89.9 Å². The minimum atomic E-state index is 0.0541. The van der Waals surface area contributed by atoms with Crippen LogP contribution >= 0.6 is 0 Å². The van der Waals surface area contributed by atoms with Crippen molar-refractivity contribution in [2.75, 3.05) is 0 Å². The first-order valence-electron chi connectivity index (χ1n) is 5.58. The zero-order valence-electron chi connectivity index (χ0n) is 9.03. The van der Waals surface area contributed by atoms with Crippen LogP contribution < -0.4 is 5.32 Å². The molecule has 0 spiro atoms. The van der Waals surface area contributed by atoms with Crippen molar-refractivity contribution in [1.29, 1.82) is 0 Å². The summed E-state index contributed by atoms with van der Waals surface area (Å²) in [5, 5.41) is 3.02. The molecule has 3 nitrogen and oxygen atoms in total. The van der Waals surface area contributed by atoms with Gasteiger partial charge in [0, 0.05) is 18.9 Å². The fourth-order valence-corrected chi connectivity index (χ4v) is 2.41. The van der Waals surface area contributed by atoms with E-state index in [9.17, 15) is 4.79 Å². The standard InChI is InChI=1S/C12H17NO2/c1-9(14)13-11-6-3-2-5-10(11)12-7-4-8-15-12/h4,7-8,10-11H,2-3,5-6H2,1H3,(H,13,14)/t10-,11+/m1/s1. The Bertz CT molecular complexity index is 318. The van der Waals surface area contributed by atoms with Crippen molar-refractivity contribution in [1.82, 2.24) is 5.32 Å². The highest BCUT2D eigenvalue weighted by atomic mass is 16.3. The van der Waals surface area contributed by atoms with Crippen molar-refractivity contribution in [2.24, 2.45) is 0 Å². The molecule has 1 saturated carbocycles. The van der Waals surface area contributed by atoms with Gasteiger partial charge in [-0.1, -0.05) is 12.8 Å². The van der Waals surface area contributed by atoms with Crippen molar-refractivity contribution in [2.45, 2.75) is 44.6 Å². The summed E-state index contributed by atoms with van der Waals surface area (Å²) in [6, 6.07) is 4.17. The Kier molecular flexibility index (Phi) is 3.09. The molecule has 1 heterocycles. The smallest absolute Gasteiger partial charge is 0.217 e. The van der Waals surface area contributed by atoms with Crippen LogP contribution in [0.2, 0.25) is 0 Å². The van der Waals surface area contributed by atoms with Gasteiger partial charge in [-0.3, -0.25) is 4.79 Å². The highest BCUT2D eigenvalue weighted by molar-refractivity contribution is 5.73. The van der Waals surface area contributed by atoms with Crippen molar-refractivity contribution in [3.05, 3.63) is 24.2 Å². The number of rotatable bonds is 2. The van der Waals surface area contributed by atoms with Crippen LogP contribution in [0.15, 0.2) is 22.8 Å². The largest absolute Gasteiger partial charge is 0.469 e. The number of nitrogens with one attached hydrogen (secondary N) is 1. The lowest BCUT2D eigenvalue weighted by atomic mass is 9.83. The molecule has 2 atom stereocenters. The lowest BCUT2D eigenvalue weighted by molar-refractivity contribution is -0.120. The summed E-state index contributed by atoms with van der Waals surface area (Å²) in [6.45, 7) is 1.58. The molecule has 1 aliphatic rings. The highest BCUT2D eigenvalue weighted by Gasteiger charge is 2.28. The number of hydrogen-bond donors (Lipinski definition) is 1. The second kappa shape index (κ2) is 4.51. The lowest BCUT2D eigenvalue weighted by Gasteiger charge is -2.30. The average Bonchev–Trinajstić information content (AvgIpc) is 2.70. The molecule has 82 valence electrons. The van der Waals surface area contributed by atoms with E-state index < -0.39 is 0 Å². The van der Waals surface area contributed by atoms with Gasteiger partial charge in [0.1, 0.15) is 5.76 Å². The van der Waals surface area contributed by atoms with E-state index in [1.165, 1.54) is 12.8 Å². The molecule has 0 radical (unpaired) electrons. The van der Waals surface area contributed by atoms with Crippen LogP contribution in [0.4, 0.5) is 0 Å². The summed E-state index contributed by atoms with van der Waals surface area (Å²) in [5.74, 6) is 1.42. The first-order chi connectivity index (χ1) is 7.27. The molecular weight excluding hydrogens is 190 g/mol. The number of carbonyl (C=O) groups excluding carboxylic acids is 1. The zero-order valence-corrected chi connectivity index (χ0v) is 9.03. The van der Waals surface area contributed by atoms with Gasteiger partial charge in [-0.2, -0.15) is 0 Å². The molecule has 0 aromatic carbocycles. The first kappa shape index (κ1) is 10.3. The van der Waals surface area contributed by atoms with Gasteiger partial charge in [-0.15, -0.1) is 0 Å². The summed E-state index contributed by atoms with van der Waals surface area (Å²) in [5.41, 5.74) is 0. The van der Waals surface area contributed by atoms with E-state index in [4.69, 9.17) is 4.42 Å². The van der Waals surface area contributed by atoms with Crippen molar-refractivity contribution >= 4 is 5.91 Å². The molecule has 3 heteroatoms. The molecule has 1 aliphatic carbocycles. The Hall–Kier alpha value is -1.25. The van der Waals surface area contributed by atoms with Crippen LogP contribution in [-0.2, 0) is 4.79 Å². The molecule has 0 unspecified atom stereocenters. The van der Waals surface area contributed by atoms with E-state index >= 15 is 0 Å². The molecule has 1 aromatic rings. The number of carbonyl (C=O) groups is 1. The minimum Gasteiger partial charge on any atom is -0.469 e. The molecule has 15 heavy (non-hydrogen) atoms. The lowest BCUT2D eigenvalue weighted by Crippen LogP contribution is -2.39. The van der Waals surface area contributed by atoms with E-state index in [0.717, 1.165) is 18.6 Å². The molecule has 1 amide bonds. The molecule has 0 saturated heterocycles. The summed E-state index contributed by atoms with van der Waals surface area (Å²) >= 11 is 0. The third-order valence-corrected chi connectivity index (χ3v) is 3.06. The van der Waals surface area contributed by atoms with Crippen LogP contribution in [0, 0.1) is 0 Å². The van der Waals surface area contributed by atoms with Crippen LogP contribution in [0.3, 0.4) is 0 Å². The topological polar surface area (TPSA) is 42.2 Å². The summed E-state index contributed by atoms with van der Waals surface area (Å²) < 4.78 is 5.43. The van der Waals surface area contributed by atoms with E-state index in [-0.39, 0.29) is 11.9 Å². The van der Waals surface area contributed by atoms with E-state index in [1.54, 1.807) is 13.2 Å². The predicted molar refractivity (Wildman–Crippen MR) is 57.5 cm³/mol. The Morgan fingerprint density at radius 3 is 2.93 bits per heavy atom. The van der Waals surface area contributed by atoms with Crippen molar-refractivity contribution in [3.63, 3.8) is 0 Å². The monoisotopic (exact) mass is 207 g/mol. The Morgan fingerprint density at radius 2 is 2.27 bits per heavy atom. The molecule has 1 N–H and O–H groups in total. The summed E-state index contributed by atoms with van der Waals surface area (Å²) in [7, 11) is 0. The number of furan rings is 1. The Morgan fingerprint density at radius 1 is 1.47 bits per heavy atom. The fraction of sp³-hybridized carbons (Fsp3) is 0.583. The van der Waals surface area contributed by atoms with Gasteiger partial charge in [0.2, 0.25) is 5.91 Å². The molecular formula is C12H17NO2. The number of amides is 1. The van der Waals surface area contributed by atoms with Gasteiger partial charge in [-0.25, -0.2) is 0 Å². The van der Waals surface area contributed by atoms with Crippen molar-refractivity contribution < 1.29 is 9.21 Å². The van der Waals surface area contributed by atoms with Crippen LogP contribution in [-0.4, -0.2) is 11.9 Å².